The molecule has 0 amide bonds. The van der Waals surface area contributed by atoms with Gasteiger partial charge in [-0.2, -0.15) is 18.4 Å². The number of hydrogen-bond acceptors (Lipinski definition) is 3. The minimum Gasteiger partial charge on any atom is -0.475 e. The molecule has 1 saturated heterocycles. The second-order valence-electron chi connectivity index (χ2n) is 4.53. The molecule has 1 aliphatic rings. The Bertz CT molecular complexity index is 518. The van der Waals surface area contributed by atoms with Crippen molar-refractivity contribution in [3.8, 4) is 6.07 Å². The second-order valence-corrected chi connectivity index (χ2v) is 4.53. The Morgan fingerprint density at radius 2 is 1.81 bits per heavy atom. The van der Waals surface area contributed by atoms with E-state index < -0.39 is 12.1 Å². The van der Waals surface area contributed by atoms with Crippen molar-refractivity contribution in [1.29, 1.82) is 5.26 Å². The van der Waals surface area contributed by atoms with E-state index in [1.165, 1.54) is 5.56 Å². The summed E-state index contributed by atoms with van der Waals surface area (Å²) in [4.78, 5) is 8.90. The summed E-state index contributed by atoms with van der Waals surface area (Å²) in [6.45, 7) is 2.15. The lowest BCUT2D eigenvalue weighted by Crippen LogP contribution is -2.26. The van der Waals surface area contributed by atoms with Crippen LogP contribution in [0.2, 0.25) is 0 Å². The average Bonchev–Trinajstić information content (AvgIpc) is 2.48. The third-order valence-corrected chi connectivity index (χ3v) is 3.10. The summed E-state index contributed by atoms with van der Waals surface area (Å²) >= 11 is 0. The normalized spacial score (nSPS) is 15.5. The average molecular weight is 300 g/mol. The van der Waals surface area contributed by atoms with Crippen LogP contribution in [0.15, 0.2) is 24.3 Å². The van der Waals surface area contributed by atoms with Gasteiger partial charge < -0.3 is 10.4 Å². The minimum absolute atomic E-state index is 0.576. The van der Waals surface area contributed by atoms with Gasteiger partial charge in [-0.25, -0.2) is 4.79 Å². The molecule has 0 aliphatic carbocycles. The van der Waals surface area contributed by atoms with Crippen LogP contribution in [-0.2, 0) is 4.79 Å². The lowest BCUT2D eigenvalue weighted by molar-refractivity contribution is -0.192. The molecule has 0 spiro atoms. The van der Waals surface area contributed by atoms with Gasteiger partial charge in [-0.1, -0.05) is 18.2 Å². The SMILES string of the molecule is N#Cc1ccccc1C1CCNCC1.O=C(O)C(F)(F)F. The fourth-order valence-corrected chi connectivity index (χ4v) is 2.09. The van der Waals surface area contributed by atoms with Gasteiger partial charge in [0.2, 0.25) is 0 Å². The molecule has 0 aromatic heterocycles. The maximum Gasteiger partial charge on any atom is 0.490 e. The molecule has 4 nitrogen and oxygen atoms in total. The molecule has 7 heteroatoms. The topological polar surface area (TPSA) is 73.1 Å². The van der Waals surface area contributed by atoms with Crippen LogP contribution in [0.4, 0.5) is 13.2 Å². The zero-order chi connectivity index (χ0) is 15.9. The van der Waals surface area contributed by atoms with Crippen molar-refractivity contribution >= 4 is 5.97 Å². The molecule has 1 aromatic carbocycles. The van der Waals surface area contributed by atoms with E-state index in [1.807, 2.05) is 18.2 Å². The van der Waals surface area contributed by atoms with Crippen molar-refractivity contribution in [3.63, 3.8) is 0 Å². The van der Waals surface area contributed by atoms with Crippen LogP contribution in [0.5, 0.6) is 0 Å². The first kappa shape index (κ1) is 17.0. The smallest absolute Gasteiger partial charge is 0.475 e. The zero-order valence-corrected chi connectivity index (χ0v) is 11.2. The molecule has 0 atom stereocenters. The van der Waals surface area contributed by atoms with Crippen molar-refractivity contribution in [2.24, 2.45) is 0 Å². The van der Waals surface area contributed by atoms with Gasteiger partial charge in [-0.15, -0.1) is 0 Å². The number of halogens is 3. The minimum atomic E-state index is -5.08. The predicted octanol–water partition coefficient (Wildman–Crippen LogP) is 2.66. The van der Waals surface area contributed by atoms with E-state index in [9.17, 15) is 13.2 Å². The molecule has 0 saturated carbocycles. The van der Waals surface area contributed by atoms with E-state index in [4.69, 9.17) is 15.2 Å². The van der Waals surface area contributed by atoms with Crippen LogP contribution in [0.25, 0.3) is 0 Å². The lowest BCUT2D eigenvalue weighted by atomic mass is 9.87. The third-order valence-electron chi connectivity index (χ3n) is 3.10. The van der Waals surface area contributed by atoms with Gasteiger partial charge >= 0.3 is 12.1 Å². The summed E-state index contributed by atoms with van der Waals surface area (Å²) in [6, 6.07) is 10.2. The molecule has 1 fully saturated rings. The zero-order valence-electron chi connectivity index (χ0n) is 11.2. The molecule has 0 bridgehead atoms. The first-order valence-electron chi connectivity index (χ1n) is 6.36. The quantitative estimate of drug-likeness (QED) is 0.836. The number of nitriles is 1. The maximum atomic E-state index is 10.6. The van der Waals surface area contributed by atoms with E-state index in [1.54, 1.807) is 0 Å². The number of nitrogens with one attached hydrogen (secondary N) is 1. The highest BCUT2D eigenvalue weighted by Crippen LogP contribution is 2.27. The van der Waals surface area contributed by atoms with E-state index in [-0.39, 0.29) is 0 Å². The fraction of sp³-hybridized carbons (Fsp3) is 0.429. The van der Waals surface area contributed by atoms with Gasteiger partial charge in [0.1, 0.15) is 0 Å². The Morgan fingerprint density at radius 3 is 2.29 bits per heavy atom. The van der Waals surface area contributed by atoms with Crippen LogP contribution in [-0.4, -0.2) is 30.3 Å². The third kappa shape index (κ3) is 5.44. The van der Waals surface area contributed by atoms with Gasteiger partial charge in [0, 0.05) is 0 Å². The van der Waals surface area contributed by atoms with E-state index >= 15 is 0 Å². The molecule has 2 N–H and O–H groups in total. The van der Waals surface area contributed by atoms with Crippen molar-refractivity contribution in [2.75, 3.05) is 13.1 Å². The fourth-order valence-electron chi connectivity index (χ4n) is 2.09. The number of rotatable bonds is 1. The molecule has 114 valence electrons. The van der Waals surface area contributed by atoms with E-state index in [2.05, 4.69) is 17.5 Å². The highest BCUT2D eigenvalue weighted by Gasteiger charge is 2.38. The van der Waals surface area contributed by atoms with Crippen molar-refractivity contribution < 1.29 is 23.1 Å². The van der Waals surface area contributed by atoms with Gasteiger partial charge in [-0.3, -0.25) is 0 Å². The Kier molecular flexibility index (Phi) is 6.18. The summed E-state index contributed by atoms with van der Waals surface area (Å²) in [5, 5.41) is 19.4. The summed E-state index contributed by atoms with van der Waals surface area (Å²) in [5.41, 5.74) is 2.08. The molecule has 2 rings (SSSR count). The largest absolute Gasteiger partial charge is 0.490 e. The Hall–Kier alpha value is -2.07. The van der Waals surface area contributed by atoms with Crippen molar-refractivity contribution in [3.05, 3.63) is 35.4 Å². The number of benzene rings is 1. The number of carboxylic acid groups (broad SMARTS) is 1. The molecule has 1 aliphatic heterocycles. The summed E-state index contributed by atoms with van der Waals surface area (Å²) < 4.78 is 31.7. The summed E-state index contributed by atoms with van der Waals surface area (Å²) in [5.74, 6) is -2.18. The van der Waals surface area contributed by atoms with Crippen LogP contribution in [0.3, 0.4) is 0 Å². The van der Waals surface area contributed by atoms with Crippen LogP contribution in [0, 0.1) is 11.3 Å². The summed E-state index contributed by atoms with van der Waals surface area (Å²) in [7, 11) is 0. The molecular formula is C14H15F3N2O2. The van der Waals surface area contributed by atoms with E-state index in [0.29, 0.717) is 5.92 Å². The number of carbonyl (C=O) groups is 1. The van der Waals surface area contributed by atoms with Crippen LogP contribution < -0.4 is 5.32 Å². The number of piperidine rings is 1. The standard InChI is InChI=1S/C12H14N2.C2HF3O2/c13-9-11-3-1-2-4-12(11)10-5-7-14-8-6-10;3-2(4,5)1(6)7/h1-4,10,14H,5-8H2;(H,6,7). The molecule has 1 aromatic rings. The summed E-state index contributed by atoms with van der Waals surface area (Å²) in [6.07, 6.45) is -2.78. The van der Waals surface area contributed by atoms with Crippen molar-refractivity contribution in [2.45, 2.75) is 24.9 Å². The molecular weight excluding hydrogens is 285 g/mol. The number of aliphatic carboxylic acids is 1. The van der Waals surface area contributed by atoms with Gasteiger partial charge in [-0.05, 0) is 43.5 Å². The Balaban J connectivity index is 0.000000270. The van der Waals surface area contributed by atoms with Crippen molar-refractivity contribution in [1.82, 2.24) is 5.32 Å². The highest BCUT2D eigenvalue weighted by molar-refractivity contribution is 5.73. The Labute approximate surface area is 120 Å². The van der Waals surface area contributed by atoms with Gasteiger partial charge in [0.05, 0.1) is 11.6 Å². The first-order chi connectivity index (χ1) is 9.86. The van der Waals surface area contributed by atoms with E-state index in [0.717, 1.165) is 31.5 Å². The number of alkyl halides is 3. The molecule has 21 heavy (non-hydrogen) atoms. The van der Waals surface area contributed by atoms with Crippen LogP contribution in [0.1, 0.15) is 29.9 Å². The Morgan fingerprint density at radius 1 is 1.29 bits per heavy atom. The monoisotopic (exact) mass is 300 g/mol. The molecule has 1 heterocycles. The van der Waals surface area contributed by atoms with Crippen LogP contribution >= 0.6 is 0 Å². The first-order valence-corrected chi connectivity index (χ1v) is 6.36. The predicted molar refractivity (Wildman–Crippen MR) is 69.7 cm³/mol. The second kappa shape index (κ2) is 7.64. The lowest BCUT2D eigenvalue weighted by Gasteiger charge is -2.23. The number of hydrogen-bond donors (Lipinski definition) is 2. The number of nitrogens with zero attached hydrogens (tertiary/aromatic N) is 1. The van der Waals surface area contributed by atoms with Gasteiger partial charge in [0.15, 0.2) is 0 Å². The number of carboxylic acids is 1. The maximum absolute atomic E-state index is 10.6. The molecule has 0 unspecified atom stereocenters. The molecule has 0 radical (unpaired) electrons. The van der Waals surface area contributed by atoms with Gasteiger partial charge in [0.25, 0.3) is 0 Å². The highest BCUT2D eigenvalue weighted by atomic mass is 19.4.